The van der Waals surface area contributed by atoms with Crippen molar-refractivity contribution in [1.29, 1.82) is 0 Å². The summed E-state index contributed by atoms with van der Waals surface area (Å²) in [5, 5.41) is 20.1. The summed E-state index contributed by atoms with van der Waals surface area (Å²) >= 11 is 6.11. The summed E-state index contributed by atoms with van der Waals surface area (Å²) in [4.78, 5) is 27.9. The first-order valence-electron chi connectivity index (χ1n) is 12.9. The van der Waals surface area contributed by atoms with E-state index in [0.717, 1.165) is 31.2 Å². The molecule has 0 unspecified atom stereocenters. The minimum atomic E-state index is -0.738. The molecule has 9 heteroatoms. The van der Waals surface area contributed by atoms with Crippen LogP contribution in [-0.4, -0.2) is 49.5 Å². The number of esters is 1. The molecule has 0 radical (unpaired) electrons. The number of halogens is 1. The lowest BCUT2D eigenvalue weighted by molar-refractivity contribution is -0.144. The average molecular weight is 523 g/mol. The van der Waals surface area contributed by atoms with Crippen molar-refractivity contribution >= 4 is 23.5 Å². The van der Waals surface area contributed by atoms with E-state index in [0.29, 0.717) is 29.2 Å². The van der Waals surface area contributed by atoms with Crippen molar-refractivity contribution < 1.29 is 19.4 Å². The lowest BCUT2D eigenvalue weighted by atomic mass is 9.85. The number of aliphatic hydroxyl groups excluding tert-OH is 1. The molecule has 3 atom stereocenters. The highest BCUT2D eigenvalue weighted by atomic mass is 35.5. The molecule has 1 N–H and O–H groups in total. The zero-order chi connectivity index (χ0) is 25.8. The Kier molecular flexibility index (Phi) is 7.86. The Hall–Kier alpha value is -3.23. The lowest BCUT2D eigenvalue weighted by Crippen LogP contribution is -2.50. The Balaban J connectivity index is 1.32. The van der Waals surface area contributed by atoms with E-state index < -0.39 is 18.1 Å². The van der Waals surface area contributed by atoms with Crippen molar-refractivity contribution in [2.24, 2.45) is 5.92 Å². The van der Waals surface area contributed by atoms with Crippen LogP contribution in [0.2, 0.25) is 5.02 Å². The highest BCUT2D eigenvalue weighted by Crippen LogP contribution is 2.38. The van der Waals surface area contributed by atoms with Crippen LogP contribution >= 0.6 is 11.6 Å². The number of hydrogen-bond acceptors (Lipinski definition) is 6. The van der Waals surface area contributed by atoms with Crippen molar-refractivity contribution in [2.45, 2.75) is 63.3 Å². The number of benzene rings is 2. The van der Waals surface area contributed by atoms with Crippen LogP contribution in [0.3, 0.4) is 0 Å². The molecule has 194 valence electrons. The summed E-state index contributed by atoms with van der Waals surface area (Å²) in [6.45, 7) is 0.283. The van der Waals surface area contributed by atoms with Gasteiger partial charge < -0.3 is 14.7 Å². The van der Waals surface area contributed by atoms with Crippen LogP contribution in [0.25, 0.3) is 0 Å². The molecule has 0 bridgehead atoms. The molecule has 1 saturated heterocycles. The summed E-state index contributed by atoms with van der Waals surface area (Å²) in [6.07, 6.45) is 6.42. The second-order valence-corrected chi connectivity index (χ2v) is 10.3. The fourth-order valence-electron chi connectivity index (χ4n) is 5.39. The third-order valence-corrected chi connectivity index (χ3v) is 7.67. The van der Waals surface area contributed by atoms with E-state index in [2.05, 4.69) is 10.3 Å². The molecule has 1 aromatic heterocycles. The number of amides is 1. The summed E-state index contributed by atoms with van der Waals surface area (Å²) < 4.78 is 6.97. The maximum atomic E-state index is 13.7. The van der Waals surface area contributed by atoms with Crippen LogP contribution < -0.4 is 0 Å². The van der Waals surface area contributed by atoms with Gasteiger partial charge in [-0.25, -0.2) is 9.48 Å². The third-order valence-electron chi connectivity index (χ3n) is 7.42. The molecule has 2 heterocycles. The fraction of sp³-hybridized carbons (Fsp3) is 0.429. The molecular formula is C28H31ClN4O4. The second kappa shape index (κ2) is 11.4. The number of nitrogens with zero attached hydrogens (tertiary/aromatic N) is 4. The summed E-state index contributed by atoms with van der Waals surface area (Å²) in [7, 11) is 0. The molecule has 1 amide bonds. The molecule has 1 aliphatic carbocycles. The first kappa shape index (κ1) is 25.4. The number of carbonyl (C=O) groups is 2. The highest BCUT2D eigenvalue weighted by molar-refractivity contribution is 6.30. The van der Waals surface area contributed by atoms with Gasteiger partial charge in [-0.2, -0.15) is 0 Å². The Morgan fingerprint density at radius 2 is 1.76 bits per heavy atom. The van der Waals surface area contributed by atoms with Crippen LogP contribution in [0.15, 0.2) is 60.8 Å². The standard InChI is InChI=1S/C28H31ClN4O4/c29-22-13-11-19(12-14-22)24-15-26(34)25(17-32(24)27(35)20-7-3-1-4-8-20)33-16-23(30-31-33)18-37-28(36)21-9-5-2-6-10-21/h2,5-6,9-14,16,20,24-26,34H,1,3-4,7-8,15,17-18H2/t24-,25-,26+/m1/s1. The average Bonchev–Trinajstić information content (AvgIpc) is 3.41. The zero-order valence-electron chi connectivity index (χ0n) is 20.6. The first-order valence-corrected chi connectivity index (χ1v) is 13.2. The van der Waals surface area contributed by atoms with Gasteiger partial charge in [-0.05, 0) is 42.7 Å². The normalized spacial score (nSPS) is 22.5. The van der Waals surface area contributed by atoms with Crippen molar-refractivity contribution in [1.82, 2.24) is 19.9 Å². The molecule has 0 spiro atoms. The number of aromatic nitrogens is 3. The molecule has 1 saturated carbocycles. The Bertz CT molecular complexity index is 1210. The summed E-state index contributed by atoms with van der Waals surface area (Å²) in [5.74, 6) is -0.306. The van der Waals surface area contributed by atoms with E-state index in [9.17, 15) is 14.7 Å². The predicted molar refractivity (Wildman–Crippen MR) is 138 cm³/mol. The number of piperidine rings is 1. The number of aliphatic hydroxyl groups is 1. The van der Waals surface area contributed by atoms with Gasteiger partial charge in [-0.1, -0.05) is 66.4 Å². The van der Waals surface area contributed by atoms with Gasteiger partial charge >= 0.3 is 5.97 Å². The van der Waals surface area contributed by atoms with Crippen molar-refractivity contribution in [3.05, 3.63) is 82.6 Å². The lowest BCUT2D eigenvalue weighted by Gasteiger charge is -2.44. The Morgan fingerprint density at radius 1 is 1.03 bits per heavy atom. The minimum Gasteiger partial charge on any atom is -0.455 e. The number of carbonyl (C=O) groups excluding carboxylic acids is 2. The van der Waals surface area contributed by atoms with Crippen LogP contribution in [0.1, 0.15) is 72.2 Å². The SMILES string of the molecule is O=C(OCc1cn([C@@H]2CN(C(=O)C3CCCCC3)[C@@H](c3ccc(Cl)cc3)C[C@@H]2O)nn1)c1ccccc1. The third kappa shape index (κ3) is 5.86. The van der Waals surface area contributed by atoms with Gasteiger partial charge in [0.25, 0.3) is 0 Å². The predicted octanol–water partition coefficient (Wildman–Crippen LogP) is 4.74. The van der Waals surface area contributed by atoms with E-state index in [4.69, 9.17) is 16.3 Å². The van der Waals surface area contributed by atoms with E-state index >= 15 is 0 Å². The molecular weight excluding hydrogens is 492 g/mol. The summed E-state index contributed by atoms with van der Waals surface area (Å²) in [6, 6.07) is 15.5. The van der Waals surface area contributed by atoms with Gasteiger partial charge in [0, 0.05) is 23.9 Å². The molecule has 8 nitrogen and oxygen atoms in total. The van der Waals surface area contributed by atoms with Gasteiger partial charge in [-0.15, -0.1) is 5.10 Å². The molecule has 37 heavy (non-hydrogen) atoms. The van der Waals surface area contributed by atoms with E-state index in [1.807, 2.05) is 35.2 Å². The van der Waals surface area contributed by atoms with Crippen molar-refractivity contribution in [3.8, 4) is 0 Å². The molecule has 5 rings (SSSR count). The van der Waals surface area contributed by atoms with Crippen LogP contribution in [-0.2, 0) is 16.1 Å². The molecule has 2 aliphatic rings. The van der Waals surface area contributed by atoms with Gasteiger partial charge in [0.05, 0.1) is 29.9 Å². The molecule has 2 aromatic carbocycles. The quantitative estimate of drug-likeness (QED) is 0.469. The van der Waals surface area contributed by atoms with Crippen molar-refractivity contribution in [3.63, 3.8) is 0 Å². The highest BCUT2D eigenvalue weighted by Gasteiger charge is 2.41. The zero-order valence-corrected chi connectivity index (χ0v) is 21.3. The maximum absolute atomic E-state index is 13.7. The molecule has 1 aliphatic heterocycles. The first-order chi connectivity index (χ1) is 18.0. The number of rotatable bonds is 6. The number of ether oxygens (including phenoxy) is 1. The maximum Gasteiger partial charge on any atom is 0.338 e. The largest absolute Gasteiger partial charge is 0.455 e. The molecule has 3 aromatic rings. The monoisotopic (exact) mass is 522 g/mol. The van der Waals surface area contributed by atoms with Gasteiger partial charge in [-0.3, -0.25) is 4.79 Å². The van der Waals surface area contributed by atoms with E-state index in [1.54, 1.807) is 35.1 Å². The molecule has 2 fully saturated rings. The van der Waals surface area contributed by atoms with E-state index in [-0.39, 0.29) is 24.5 Å². The summed E-state index contributed by atoms with van der Waals surface area (Å²) in [5.41, 5.74) is 1.89. The minimum absolute atomic E-state index is 0.00292. The van der Waals surface area contributed by atoms with Crippen LogP contribution in [0.4, 0.5) is 0 Å². The Labute approximate surface area is 221 Å². The number of hydrogen-bond donors (Lipinski definition) is 1. The number of likely N-dealkylation sites (tertiary alicyclic amines) is 1. The van der Waals surface area contributed by atoms with Crippen LogP contribution in [0, 0.1) is 5.92 Å². The van der Waals surface area contributed by atoms with E-state index in [1.165, 1.54) is 6.42 Å². The Morgan fingerprint density at radius 3 is 2.49 bits per heavy atom. The van der Waals surface area contributed by atoms with Gasteiger partial charge in [0.15, 0.2) is 0 Å². The van der Waals surface area contributed by atoms with Crippen molar-refractivity contribution in [2.75, 3.05) is 6.54 Å². The second-order valence-electron chi connectivity index (χ2n) is 9.90. The smallest absolute Gasteiger partial charge is 0.338 e. The topological polar surface area (TPSA) is 97.5 Å². The van der Waals surface area contributed by atoms with Crippen LogP contribution in [0.5, 0.6) is 0 Å². The van der Waals surface area contributed by atoms with Gasteiger partial charge in [0.2, 0.25) is 5.91 Å². The fourth-order valence-corrected chi connectivity index (χ4v) is 5.52. The van der Waals surface area contributed by atoms with Gasteiger partial charge in [0.1, 0.15) is 12.3 Å².